The molecule has 1 aliphatic heterocycles. The second-order valence-electron chi connectivity index (χ2n) is 9.27. The topological polar surface area (TPSA) is 46.9 Å². The Bertz CT molecular complexity index is 1410. The summed E-state index contributed by atoms with van der Waals surface area (Å²) < 4.78 is 14.2. The molecule has 1 aromatic heterocycles. The number of aryl methyl sites for hydroxylation is 1. The molecule has 0 N–H and O–H groups in total. The lowest BCUT2D eigenvalue weighted by Gasteiger charge is -2.37. The van der Waals surface area contributed by atoms with Gasteiger partial charge in [0.2, 0.25) is 0 Å². The SMILES string of the molecule is CCOC(=O)c1c(CN2CCN(c3ccccc3C)CC2)n(-c2ccccc2)c2cc(Br)c(OC)cc12. The first-order chi connectivity index (χ1) is 18.0. The van der Waals surface area contributed by atoms with Gasteiger partial charge in [0.25, 0.3) is 0 Å². The number of anilines is 1. The molecule has 2 heterocycles. The molecular formula is C30H32BrN3O3. The van der Waals surface area contributed by atoms with Crippen LogP contribution in [0.4, 0.5) is 5.69 Å². The predicted octanol–water partition coefficient (Wildman–Crippen LogP) is 6.21. The first-order valence-electron chi connectivity index (χ1n) is 12.7. The van der Waals surface area contributed by atoms with E-state index in [9.17, 15) is 4.79 Å². The average Bonchev–Trinajstić information content (AvgIpc) is 3.22. The highest BCUT2D eigenvalue weighted by Gasteiger charge is 2.28. The minimum Gasteiger partial charge on any atom is -0.496 e. The van der Waals surface area contributed by atoms with Crippen LogP contribution in [0.15, 0.2) is 71.2 Å². The van der Waals surface area contributed by atoms with Crippen molar-refractivity contribution in [2.45, 2.75) is 20.4 Å². The number of hydrogen-bond donors (Lipinski definition) is 0. The van der Waals surface area contributed by atoms with Crippen molar-refractivity contribution in [2.75, 3.05) is 44.8 Å². The summed E-state index contributed by atoms with van der Waals surface area (Å²) in [6.45, 7) is 8.64. The second-order valence-corrected chi connectivity index (χ2v) is 10.1. The summed E-state index contributed by atoms with van der Waals surface area (Å²) >= 11 is 3.65. The van der Waals surface area contributed by atoms with Crippen molar-refractivity contribution in [3.63, 3.8) is 0 Å². The second kappa shape index (κ2) is 11.0. The van der Waals surface area contributed by atoms with Crippen molar-refractivity contribution in [3.05, 3.63) is 88.0 Å². The fraction of sp³-hybridized carbons (Fsp3) is 0.300. The highest BCUT2D eigenvalue weighted by atomic mass is 79.9. The molecule has 1 saturated heterocycles. The number of piperazine rings is 1. The standard InChI is InChI=1S/C30H32BrN3O3/c1-4-37-30(35)29-23-18-28(36-3)24(31)19-26(23)34(22-11-6-5-7-12-22)27(29)20-32-14-16-33(17-15-32)25-13-9-8-10-21(25)2/h5-13,18-19H,4,14-17,20H2,1-3H3. The van der Waals surface area contributed by atoms with Crippen LogP contribution in [0.5, 0.6) is 5.75 Å². The number of halogens is 1. The third-order valence-corrected chi connectivity index (χ3v) is 7.65. The minimum atomic E-state index is -0.305. The highest BCUT2D eigenvalue weighted by molar-refractivity contribution is 9.10. The van der Waals surface area contributed by atoms with E-state index < -0.39 is 0 Å². The summed E-state index contributed by atoms with van der Waals surface area (Å²) in [4.78, 5) is 18.3. The maximum Gasteiger partial charge on any atom is 0.340 e. The molecule has 7 heteroatoms. The third kappa shape index (κ3) is 4.98. The number of benzene rings is 3. The minimum absolute atomic E-state index is 0.305. The normalized spacial score (nSPS) is 14.2. The van der Waals surface area contributed by atoms with Crippen LogP contribution in [-0.4, -0.2) is 55.3 Å². The molecule has 3 aromatic carbocycles. The van der Waals surface area contributed by atoms with Gasteiger partial charge in [0.15, 0.2) is 0 Å². The van der Waals surface area contributed by atoms with Crippen molar-refractivity contribution in [1.82, 2.24) is 9.47 Å². The Morgan fingerprint density at radius 3 is 2.35 bits per heavy atom. The zero-order chi connectivity index (χ0) is 25.9. The Labute approximate surface area is 226 Å². The molecule has 1 fully saturated rings. The fourth-order valence-electron chi connectivity index (χ4n) is 5.23. The molecule has 0 unspecified atom stereocenters. The van der Waals surface area contributed by atoms with Gasteiger partial charge in [-0.15, -0.1) is 0 Å². The maximum absolute atomic E-state index is 13.4. The van der Waals surface area contributed by atoms with E-state index in [1.165, 1.54) is 11.3 Å². The molecule has 0 spiro atoms. The first-order valence-corrected chi connectivity index (χ1v) is 13.5. The summed E-state index contributed by atoms with van der Waals surface area (Å²) in [5.41, 5.74) is 6.08. The quantitative estimate of drug-likeness (QED) is 0.251. The Balaban J connectivity index is 1.57. The van der Waals surface area contributed by atoms with Gasteiger partial charge in [0.05, 0.1) is 35.0 Å². The Morgan fingerprint density at radius 2 is 1.68 bits per heavy atom. The van der Waals surface area contributed by atoms with E-state index in [0.717, 1.165) is 52.9 Å². The van der Waals surface area contributed by atoms with Crippen molar-refractivity contribution in [3.8, 4) is 11.4 Å². The van der Waals surface area contributed by atoms with Crippen LogP contribution in [0.25, 0.3) is 16.6 Å². The molecule has 0 aliphatic carbocycles. The van der Waals surface area contributed by atoms with Gasteiger partial charge in [-0.25, -0.2) is 4.79 Å². The summed E-state index contributed by atoms with van der Waals surface area (Å²) in [5.74, 6) is 0.377. The van der Waals surface area contributed by atoms with Gasteiger partial charge < -0.3 is 18.9 Å². The molecule has 37 heavy (non-hydrogen) atoms. The Morgan fingerprint density at radius 1 is 0.973 bits per heavy atom. The van der Waals surface area contributed by atoms with Crippen LogP contribution in [-0.2, 0) is 11.3 Å². The van der Waals surface area contributed by atoms with E-state index >= 15 is 0 Å². The summed E-state index contributed by atoms with van der Waals surface area (Å²) in [6.07, 6.45) is 0. The number of carbonyl (C=O) groups is 1. The molecule has 1 aliphatic rings. The number of rotatable bonds is 7. The number of carbonyl (C=O) groups excluding carboxylic acids is 1. The Hall–Kier alpha value is -3.29. The summed E-state index contributed by atoms with van der Waals surface area (Å²) in [7, 11) is 1.64. The predicted molar refractivity (Wildman–Crippen MR) is 152 cm³/mol. The van der Waals surface area contributed by atoms with Gasteiger partial charge in [0, 0.05) is 49.5 Å². The zero-order valence-electron chi connectivity index (χ0n) is 21.5. The molecule has 192 valence electrons. The first kappa shape index (κ1) is 25.4. The average molecular weight is 563 g/mol. The van der Waals surface area contributed by atoms with Gasteiger partial charge in [0.1, 0.15) is 5.75 Å². The molecule has 0 bridgehead atoms. The van der Waals surface area contributed by atoms with E-state index in [0.29, 0.717) is 24.5 Å². The smallest absolute Gasteiger partial charge is 0.340 e. The zero-order valence-corrected chi connectivity index (χ0v) is 23.1. The summed E-state index contributed by atoms with van der Waals surface area (Å²) in [6, 6.07) is 22.7. The van der Waals surface area contributed by atoms with Gasteiger partial charge in [-0.3, -0.25) is 4.90 Å². The number of para-hydroxylation sites is 2. The van der Waals surface area contributed by atoms with E-state index in [1.807, 2.05) is 37.3 Å². The molecule has 6 nitrogen and oxygen atoms in total. The van der Waals surface area contributed by atoms with Crippen LogP contribution < -0.4 is 9.64 Å². The van der Waals surface area contributed by atoms with Crippen LogP contribution in [0.2, 0.25) is 0 Å². The van der Waals surface area contributed by atoms with Crippen LogP contribution in [0, 0.1) is 6.92 Å². The number of aromatic nitrogens is 1. The summed E-state index contributed by atoms with van der Waals surface area (Å²) in [5, 5.41) is 0.830. The largest absolute Gasteiger partial charge is 0.496 e. The van der Waals surface area contributed by atoms with Crippen LogP contribution in [0.1, 0.15) is 28.5 Å². The number of methoxy groups -OCH3 is 1. The molecule has 5 rings (SSSR count). The van der Waals surface area contributed by atoms with Crippen molar-refractivity contribution in [2.24, 2.45) is 0 Å². The van der Waals surface area contributed by atoms with E-state index in [4.69, 9.17) is 9.47 Å². The molecular weight excluding hydrogens is 530 g/mol. The maximum atomic E-state index is 13.4. The number of nitrogens with zero attached hydrogens (tertiary/aromatic N) is 3. The van der Waals surface area contributed by atoms with Gasteiger partial charge in [-0.2, -0.15) is 0 Å². The van der Waals surface area contributed by atoms with Crippen molar-refractivity contribution in [1.29, 1.82) is 0 Å². The van der Waals surface area contributed by atoms with Crippen LogP contribution in [0.3, 0.4) is 0 Å². The van der Waals surface area contributed by atoms with Crippen molar-refractivity contribution < 1.29 is 14.3 Å². The number of hydrogen-bond acceptors (Lipinski definition) is 5. The molecule has 0 saturated carbocycles. The molecule has 0 amide bonds. The fourth-order valence-corrected chi connectivity index (χ4v) is 5.72. The van der Waals surface area contributed by atoms with Gasteiger partial charge in [-0.05, 0) is 65.7 Å². The lowest BCUT2D eigenvalue weighted by atomic mass is 10.1. The highest BCUT2D eigenvalue weighted by Crippen LogP contribution is 2.38. The monoisotopic (exact) mass is 561 g/mol. The van der Waals surface area contributed by atoms with Gasteiger partial charge >= 0.3 is 5.97 Å². The third-order valence-electron chi connectivity index (χ3n) is 7.03. The number of ether oxygens (including phenoxy) is 2. The van der Waals surface area contributed by atoms with E-state index in [-0.39, 0.29) is 5.97 Å². The number of fused-ring (bicyclic) bond motifs is 1. The molecule has 0 radical (unpaired) electrons. The van der Waals surface area contributed by atoms with Crippen LogP contribution >= 0.6 is 15.9 Å². The van der Waals surface area contributed by atoms with Gasteiger partial charge in [-0.1, -0.05) is 36.4 Å². The number of esters is 1. The van der Waals surface area contributed by atoms with E-state index in [2.05, 4.69) is 73.6 Å². The molecule has 0 atom stereocenters. The van der Waals surface area contributed by atoms with E-state index in [1.54, 1.807) is 7.11 Å². The molecule has 4 aromatic rings. The lowest BCUT2D eigenvalue weighted by molar-refractivity contribution is 0.0526. The lowest BCUT2D eigenvalue weighted by Crippen LogP contribution is -2.46. The Kier molecular flexibility index (Phi) is 7.53. The van der Waals surface area contributed by atoms with Crippen molar-refractivity contribution >= 4 is 38.5 Å².